The van der Waals surface area contributed by atoms with Gasteiger partial charge in [0.25, 0.3) is 0 Å². The van der Waals surface area contributed by atoms with Gasteiger partial charge in [-0.25, -0.2) is 0 Å². The van der Waals surface area contributed by atoms with E-state index in [1.807, 2.05) is 19.1 Å². The van der Waals surface area contributed by atoms with Crippen molar-refractivity contribution in [1.29, 1.82) is 0 Å². The molecule has 1 aromatic rings. The number of methoxy groups -OCH3 is 1. The fourth-order valence-corrected chi connectivity index (χ4v) is 2.72. The Labute approximate surface area is 114 Å². The lowest BCUT2D eigenvalue weighted by Gasteiger charge is -2.15. The van der Waals surface area contributed by atoms with Crippen LogP contribution in [0.1, 0.15) is 23.6 Å². The predicted molar refractivity (Wildman–Crippen MR) is 71.9 cm³/mol. The number of ether oxygens (including phenoxy) is 1. The van der Waals surface area contributed by atoms with Crippen molar-refractivity contribution in [2.45, 2.75) is 19.4 Å². The summed E-state index contributed by atoms with van der Waals surface area (Å²) in [6.07, 6.45) is 0.619. The zero-order chi connectivity index (χ0) is 13.3. The molecule has 18 heavy (non-hydrogen) atoms. The van der Waals surface area contributed by atoms with Gasteiger partial charge in [-0.3, -0.25) is 4.79 Å². The minimum atomic E-state index is -0.733. The van der Waals surface area contributed by atoms with Crippen LogP contribution in [0.15, 0.2) is 16.6 Å². The first-order chi connectivity index (χ1) is 8.52. The molecule has 2 unspecified atom stereocenters. The molecule has 4 nitrogen and oxygen atoms in total. The molecular weight excluding hydrogens is 298 g/mol. The Morgan fingerprint density at radius 3 is 2.83 bits per heavy atom. The molecule has 98 valence electrons. The molecule has 1 aliphatic rings. The Hall–Kier alpha value is -1.07. The van der Waals surface area contributed by atoms with Crippen LogP contribution < -0.4 is 10.1 Å². The van der Waals surface area contributed by atoms with Gasteiger partial charge in [-0.05, 0) is 31.0 Å². The van der Waals surface area contributed by atoms with Gasteiger partial charge in [0.2, 0.25) is 0 Å². The third-order valence-electron chi connectivity index (χ3n) is 3.42. The van der Waals surface area contributed by atoms with E-state index in [1.165, 1.54) is 0 Å². The highest BCUT2D eigenvalue weighted by Crippen LogP contribution is 2.34. The van der Waals surface area contributed by atoms with Crippen LogP contribution in [0, 0.1) is 12.8 Å². The molecule has 1 aromatic carbocycles. The standard InChI is InChI=1S/C13H16BrNO3/c1-7-10(14)3-8(5-12(7)18-2)11-4-9(6-15-11)13(16)17/h3,5,9,11,15H,4,6H2,1-2H3,(H,16,17). The lowest BCUT2D eigenvalue weighted by molar-refractivity contribution is -0.141. The second-order valence-corrected chi connectivity index (χ2v) is 5.42. The van der Waals surface area contributed by atoms with E-state index in [2.05, 4.69) is 21.2 Å². The SMILES string of the molecule is COc1cc(C2CC(C(=O)O)CN2)cc(Br)c1C. The average molecular weight is 314 g/mol. The summed E-state index contributed by atoms with van der Waals surface area (Å²) in [5.74, 6) is -0.218. The van der Waals surface area contributed by atoms with Gasteiger partial charge in [0.1, 0.15) is 5.75 Å². The monoisotopic (exact) mass is 313 g/mol. The Morgan fingerprint density at radius 2 is 2.28 bits per heavy atom. The second kappa shape index (κ2) is 5.28. The average Bonchev–Trinajstić information content (AvgIpc) is 2.82. The summed E-state index contributed by atoms with van der Waals surface area (Å²) >= 11 is 3.50. The molecule has 5 heteroatoms. The van der Waals surface area contributed by atoms with E-state index in [0.29, 0.717) is 13.0 Å². The van der Waals surface area contributed by atoms with Crippen LogP contribution >= 0.6 is 15.9 Å². The number of hydrogen-bond donors (Lipinski definition) is 2. The maximum absolute atomic E-state index is 10.9. The van der Waals surface area contributed by atoms with Crippen molar-refractivity contribution in [2.75, 3.05) is 13.7 Å². The summed E-state index contributed by atoms with van der Waals surface area (Å²) in [6.45, 7) is 2.50. The molecule has 2 N–H and O–H groups in total. The second-order valence-electron chi connectivity index (χ2n) is 4.56. The van der Waals surface area contributed by atoms with Gasteiger partial charge in [0.05, 0.1) is 13.0 Å². The topological polar surface area (TPSA) is 58.6 Å². The molecule has 2 atom stereocenters. The first-order valence-corrected chi connectivity index (χ1v) is 6.62. The van der Waals surface area contributed by atoms with Gasteiger partial charge in [0.15, 0.2) is 0 Å². The molecule has 1 aliphatic heterocycles. The van der Waals surface area contributed by atoms with Crippen LogP contribution in [0.25, 0.3) is 0 Å². The van der Waals surface area contributed by atoms with Crippen molar-refractivity contribution in [3.8, 4) is 5.75 Å². The fourth-order valence-electron chi connectivity index (χ4n) is 2.26. The molecule has 1 fully saturated rings. The van der Waals surface area contributed by atoms with E-state index in [0.717, 1.165) is 21.3 Å². The van der Waals surface area contributed by atoms with Crippen LogP contribution in [0.4, 0.5) is 0 Å². The quantitative estimate of drug-likeness (QED) is 0.900. The van der Waals surface area contributed by atoms with Crippen LogP contribution in [0.2, 0.25) is 0 Å². The number of rotatable bonds is 3. The molecule has 1 saturated heterocycles. The van der Waals surface area contributed by atoms with Crippen molar-refractivity contribution in [2.24, 2.45) is 5.92 Å². The smallest absolute Gasteiger partial charge is 0.307 e. The number of benzene rings is 1. The Bertz CT molecular complexity index is 476. The van der Waals surface area contributed by atoms with Gasteiger partial charge in [-0.15, -0.1) is 0 Å². The number of carboxylic acids is 1. The third kappa shape index (κ3) is 2.52. The zero-order valence-electron chi connectivity index (χ0n) is 10.4. The largest absolute Gasteiger partial charge is 0.496 e. The summed E-state index contributed by atoms with van der Waals surface area (Å²) < 4.78 is 6.31. The minimum absolute atomic E-state index is 0.0805. The number of hydrogen-bond acceptors (Lipinski definition) is 3. The lowest BCUT2D eigenvalue weighted by Crippen LogP contribution is -2.17. The molecule has 0 aliphatic carbocycles. The highest BCUT2D eigenvalue weighted by atomic mass is 79.9. The Kier molecular flexibility index (Phi) is 3.92. The highest BCUT2D eigenvalue weighted by Gasteiger charge is 2.30. The van der Waals surface area contributed by atoms with Gasteiger partial charge < -0.3 is 15.2 Å². The molecule has 0 radical (unpaired) electrons. The van der Waals surface area contributed by atoms with E-state index >= 15 is 0 Å². The number of carboxylic acid groups (broad SMARTS) is 1. The molecule has 0 aromatic heterocycles. The highest BCUT2D eigenvalue weighted by molar-refractivity contribution is 9.10. The summed E-state index contributed by atoms with van der Waals surface area (Å²) in [4.78, 5) is 10.9. The summed E-state index contributed by atoms with van der Waals surface area (Å²) in [5, 5.41) is 12.2. The molecule has 0 spiro atoms. The molecule has 1 heterocycles. The first-order valence-electron chi connectivity index (χ1n) is 5.83. The van der Waals surface area contributed by atoms with E-state index in [9.17, 15) is 4.79 Å². The van der Waals surface area contributed by atoms with Crippen molar-refractivity contribution in [3.63, 3.8) is 0 Å². The Morgan fingerprint density at radius 1 is 1.56 bits per heavy atom. The number of aliphatic carboxylic acids is 1. The van der Waals surface area contributed by atoms with Crippen molar-refractivity contribution >= 4 is 21.9 Å². The van der Waals surface area contributed by atoms with Crippen LogP contribution in [-0.2, 0) is 4.79 Å². The van der Waals surface area contributed by atoms with Crippen LogP contribution in [-0.4, -0.2) is 24.7 Å². The maximum Gasteiger partial charge on any atom is 0.307 e. The Balaban J connectivity index is 2.25. The zero-order valence-corrected chi connectivity index (χ0v) is 12.0. The van der Waals surface area contributed by atoms with Gasteiger partial charge >= 0.3 is 5.97 Å². The van der Waals surface area contributed by atoms with Crippen molar-refractivity contribution in [1.82, 2.24) is 5.32 Å². The number of halogens is 1. The first kappa shape index (κ1) is 13.4. The third-order valence-corrected chi connectivity index (χ3v) is 4.25. The van der Waals surface area contributed by atoms with Crippen molar-refractivity contribution < 1.29 is 14.6 Å². The summed E-state index contributed by atoms with van der Waals surface area (Å²) in [7, 11) is 1.64. The summed E-state index contributed by atoms with van der Waals surface area (Å²) in [5.41, 5.74) is 2.11. The molecule has 2 rings (SSSR count). The lowest BCUT2D eigenvalue weighted by atomic mass is 9.99. The number of nitrogens with one attached hydrogen (secondary N) is 1. The molecule has 0 saturated carbocycles. The molecule has 0 bridgehead atoms. The maximum atomic E-state index is 10.9. The molecular formula is C13H16BrNO3. The van der Waals surface area contributed by atoms with Crippen LogP contribution in [0.5, 0.6) is 5.75 Å². The fraction of sp³-hybridized carbons (Fsp3) is 0.462. The van der Waals surface area contributed by atoms with Crippen LogP contribution in [0.3, 0.4) is 0 Å². The molecule has 0 amide bonds. The van der Waals surface area contributed by atoms with E-state index in [-0.39, 0.29) is 12.0 Å². The van der Waals surface area contributed by atoms with Gasteiger partial charge in [0, 0.05) is 22.6 Å². The number of carbonyl (C=O) groups is 1. The van der Waals surface area contributed by atoms with E-state index in [4.69, 9.17) is 9.84 Å². The van der Waals surface area contributed by atoms with E-state index < -0.39 is 5.97 Å². The van der Waals surface area contributed by atoms with Crippen molar-refractivity contribution in [3.05, 3.63) is 27.7 Å². The summed E-state index contributed by atoms with van der Waals surface area (Å²) in [6, 6.07) is 4.08. The van der Waals surface area contributed by atoms with E-state index in [1.54, 1.807) is 7.11 Å². The van der Waals surface area contributed by atoms with Gasteiger partial charge in [-0.1, -0.05) is 15.9 Å². The predicted octanol–water partition coefficient (Wildman–Crippen LogP) is 2.50. The normalized spacial score (nSPS) is 23.1. The minimum Gasteiger partial charge on any atom is -0.496 e. The van der Waals surface area contributed by atoms with Gasteiger partial charge in [-0.2, -0.15) is 0 Å².